The summed E-state index contributed by atoms with van der Waals surface area (Å²) in [6.45, 7) is 5.69. The maximum atomic E-state index is 10.7. The van der Waals surface area contributed by atoms with E-state index in [1.165, 1.54) is 0 Å². The molecule has 0 amide bonds. The van der Waals surface area contributed by atoms with Crippen molar-refractivity contribution >= 4 is 17.7 Å². The highest BCUT2D eigenvalue weighted by Gasteiger charge is 2.25. The Kier molecular flexibility index (Phi) is 5.38. The molecule has 0 bridgehead atoms. The van der Waals surface area contributed by atoms with Crippen LogP contribution in [0.5, 0.6) is 0 Å². The first-order valence-electron chi connectivity index (χ1n) is 4.32. The molecule has 0 spiro atoms. The second kappa shape index (κ2) is 5.46. The van der Waals surface area contributed by atoms with Gasteiger partial charge in [-0.1, -0.05) is 6.92 Å². The standard InChI is InChI=1S/C9H18O2S/c1-4-12-7-5-6-9(2,3)8(10)11/h4-7H2,1-3H3,(H,10,11). The first-order chi connectivity index (χ1) is 5.50. The molecule has 12 heavy (non-hydrogen) atoms. The molecule has 0 radical (unpaired) electrons. The van der Waals surface area contributed by atoms with Crippen molar-refractivity contribution in [2.45, 2.75) is 33.6 Å². The van der Waals surface area contributed by atoms with Gasteiger partial charge in [0.25, 0.3) is 0 Å². The van der Waals surface area contributed by atoms with Crippen LogP contribution in [0.4, 0.5) is 0 Å². The van der Waals surface area contributed by atoms with Crippen LogP contribution in [0.25, 0.3) is 0 Å². The molecular formula is C9H18O2S. The van der Waals surface area contributed by atoms with Gasteiger partial charge in [-0.05, 0) is 38.2 Å². The molecule has 0 aliphatic carbocycles. The van der Waals surface area contributed by atoms with Crippen molar-refractivity contribution in [1.82, 2.24) is 0 Å². The number of carboxylic acid groups (broad SMARTS) is 1. The zero-order valence-electron chi connectivity index (χ0n) is 8.09. The summed E-state index contributed by atoms with van der Waals surface area (Å²) in [4.78, 5) is 10.7. The van der Waals surface area contributed by atoms with Crippen LogP contribution in [-0.2, 0) is 4.79 Å². The SMILES string of the molecule is CCSCCCC(C)(C)C(=O)O. The zero-order valence-corrected chi connectivity index (χ0v) is 8.91. The third-order valence-electron chi connectivity index (χ3n) is 1.87. The van der Waals surface area contributed by atoms with Gasteiger partial charge >= 0.3 is 5.97 Å². The van der Waals surface area contributed by atoms with Crippen LogP contribution in [0.2, 0.25) is 0 Å². The summed E-state index contributed by atoms with van der Waals surface area (Å²) in [6, 6.07) is 0. The van der Waals surface area contributed by atoms with E-state index in [1.54, 1.807) is 13.8 Å². The van der Waals surface area contributed by atoms with Gasteiger partial charge in [0, 0.05) is 0 Å². The molecule has 3 heteroatoms. The summed E-state index contributed by atoms with van der Waals surface area (Å²) in [6.07, 6.45) is 1.77. The monoisotopic (exact) mass is 190 g/mol. The van der Waals surface area contributed by atoms with Crippen LogP contribution in [0.1, 0.15) is 33.6 Å². The van der Waals surface area contributed by atoms with Crippen molar-refractivity contribution in [3.05, 3.63) is 0 Å². The predicted octanol–water partition coefficient (Wildman–Crippen LogP) is 2.63. The second-order valence-electron chi connectivity index (χ2n) is 3.49. The molecule has 0 atom stereocenters. The minimum absolute atomic E-state index is 0.547. The van der Waals surface area contributed by atoms with E-state index in [-0.39, 0.29) is 0 Å². The highest BCUT2D eigenvalue weighted by Crippen LogP contribution is 2.23. The molecule has 0 heterocycles. The smallest absolute Gasteiger partial charge is 0.309 e. The Labute approximate surface area is 78.7 Å². The first-order valence-corrected chi connectivity index (χ1v) is 5.47. The van der Waals surface area contributed by atoms with E-state index in [2.05, 4.69) is 6.92 Å². The first kappa shape index (κ1) is 11.8. The Bertz CT molecular complexity index is 143. The summed E-state index contributed by atoms with van der Waals surface area (Å²) < 4.78 is 0. The largest absolute Gasteiger partial charge is 0.481 e. The molecule has 0 fully saturated rings. The fourth-order valence-corrected chi connectivity index (χ4v) is 1.50. The van der Waals surface area contributed by atoms with E-state index in [0.717, 1.165) is 24.3 Å². The van der Waals surface area contributed by atoms with Crippen molar-refractivity contribution in [2.24, 2.45) is 5.41 Å². The van der Waals surface area contributed by atoms with Gasteiger partial charge < -0.3 is 5.11 Å². The minimum atomic E-state index is -0.691. The molecule has 2 nitrogen and oxygen atoms in total. The summed E-state index contributed by atoms with van der Waals surface area (Å²) in [5.74, 6) is 1.50. The highest BCUT2D eigenvalue weighted by molar-refractivity contribution is 7.99. The Balaban J connectivity index is 3.54. The molecule has 0 aliphatic heterocycles. The van der Waals surface area contributed by atoms with Crippen molar-refractivity contribution in [1.29, 1.82) is 0 Å². The van der Waals surface area contributed by atoms with Crippen molar-refractivity contribution < 1.29 is 9.90 Å². The van der Waals surface area contributed by atoms with Gasteiger partial charge in [0.1, 0.15) is 0 Å². The van der Waals surface area contributed by atoms with E-state index in [0.29, 0.717) is 0 Å². The lowest BCUT2D eigenvalue weighted by Gasteiger charge is -2.18. The average Bonchev–Trinajstić information content (AvgIpc) is 1.98. The molecule has 1 N–H and O–H groups in total. The third-order valence-corrected chi connectivity index (χ3v) is 2.86. The maximum Gasteiger partial charge on any atom is 0.309 e. The molecule has 0 aromatic rings. The molecule has 0 aromatic carbocycles. The molecule has 0 unspecified atom stereocenters. The fourth-order valence-electron chi connectivity index (χ4n) is 0.867. The summed E-state index contributed by atoms with van der Waals surface area (Å²) in [7, 11) is 0. The Morgan fingerprint density at radius 2 is 2.08 bits per heavy atom. The Morgan fingerprint density at radius 3 is 2.50 bits per heavy atom. The predicted molar refractivity (Wildman–Crippen MR) is 53.6 cm³/mol. The van der Waals surface area contributed by atoms with Crippen LogP contribution < -0.4 is 0 Å². The second-order valence-corrected chi connectivity index (χ2v) is 4.88. The average molecular weight is 190 g/mol. The molecule has 72 valence electrons. The zero-order chi connectivity index (χ0) is 9.61. The number of hydrogen-bond acceptors (Lipinski definition) is 2. The van der Waals surface area contributed by atoms with E-state index in [4.69, 9.17) is 5.11 Å². The van der Waals surface area contributed by atoms with E-state index >= 15 is 0 Å². The number of thioether (sulfide) groups is 1. The van der Waals surface area contributed by atoms with Crippen LogP contribution in [0, 0.1) is 5.41 Å². The number of carbonyl (C=O) groups is 1. The summed E-state index contributed by atoms with van der Waals surface area (Å²) in [5.41, 5.74) is -0.547. The van der Waals surface area contributed by atoms with Crippen molar-refractivity contribution in [2.75, 3.05) is 11.5 Å². The summed E-state index contributed by atoms with van der Waals surface area (Å²) >= 11 is 1.87. The van der Waals surface area contributed by atoms with Gasteiger partial charge in [0.2, 0.25) is 0 Å². The van der Waals surface area contributed by atoms with Crippen LogP contribution >= 0.6 is 11.8 Å². The summed E-state index contributed by atoms with van der Waals surface area (Å²) in [5, 5.41) is 8.79. The van der Waals surface area contributed by atoms with Gasteiger partial charge in [-0.15, -0.1) is 0 Å². The topological polar surface area (TPSA) is 37.3 Å². The fraction of sp³-hybridized carbons (Fsp3) is 0.889. The van der Waals surface area contributed by atoms with Crippen LogP contribution in [0.15, 0.2) is 0 Å². The lowest BCUT2D eigenvalue weighted by Crippen LogP contribution is -2.23. The highest BCUT2D eigenvalue weighted by atomic mass is 32.2. The van der Waals surface area contributed by atoms with Crippen LogP contribution in [0.3, 0.4) is 0 Å². The quantitative estimate of drug-likeness (QED) is 0.654. The molecule has 0 rings (SSSR count). The van der Waals surface area contributed by atoms with Gasteiger partial charge in [-0.2, -0.15) is 11.8 Å². The maximum absolute atomic E-state index is 10.7. The van der Waals surface area contributed by atoms with Gasteiger partial charge in [0.05, 0.1) is 5.41 Å². The van der Waals surface area contributed by atoms with Gasteiger partial charge in [-0.25, -0.2) is 0 Å². The Hall–Kier alpha value is -0.180. The van der Waals surface area contributed by atoms with Crippen molar-refractivity contribution in [3.63, 3.8) is 0 Å². The molecule has 0 aromatic heterocycles. The van der Waals surface area contributed by atoms with Crippen LogP contribution in [-0.4, -0.2) is 22.6 Å². The molecular weight excluding hydrogens is 172 g/mol. The van der Waals surface area contributed by atoms with Crippen molar-refractivity contribution in [3.8, 4) is 0 Å². The van der Waals surface area contributed by atoms with E-state index in [9.17, 15) is 4.79 Å². The van der Waals surface area contributed by atoms with Gasteiger partial charge in [0.15, 0.2) is 0 Å². The number of aliphatic carboxylic acids is 1. The number of carboxylic acids is 1. The number of rotatable bonds is 6. The molecule has 0 saturated carbocycles. The lowest BCUT2D eigenvalue weighted by molar-refractivity contribution is -0.147. The number of hydrogen-bond donors (Lipinski definition) is 1. The minimum Gasteiger partial charge on any atom is -0.481 e. The third kappa shape index (κ3) is 4.65. The Morgan fingerprint density at radius 1 is 1.50 bits per heavy atom. The normalized spacial score (nSPS) is 11.6. The van der Waals surface area contributed by atoms with Gasteiger partial charge in [-0.3, -0.25) is 4.79 Å². The van der Waals surface area contributed by atoms with E-state index < -0.39 is 11.4 Å². The van der Waals surface area contributed by atoms with E-state index in [1.807, 2.05) is 11.8 Å². The molecule has 0 saturated heterocycles. The lowest BCUT2D eigenvalue weighted by atomic mass is 9.88. The molecule has 0 aliphatic rings.